The molecule has 1 fully saturated rings. The molecular weight excluding hydrogens is 252 g/mol. The molecule has 1 N–H and O–H groups in total. The number of benzene rings is 1. The Kier molecular flexibility index (Phi) is 4.26. The SMILES string of the molecule is CC(C)c1ccc(CC2(C(=O)O)CCCCC2=O)cc1. The first-order valence-corrected chi connectivity index (χ1v) is 7.31. The minimum absolute atomic E-state index is 0.107. The number of carboxylic acids is 1. The van der Waals surface area contributed by atoms with E-state index in [1.54, 1.807) is 0 Å². The molecule has 0 heterocycles. The summed E-state index contributed by atoms with van der Waals surface area (Å²) in [5.41, 5.74) is 0.970. The zero-order valence-electron chi connectivity index (χ0n) is 12.2. The van der Waals surface area contributed by atoms with Crippen LogP contribution < -0.4 is 0 Å². The lowest BCUT2D eigenvalue weighted by Gasteiger charge is -2.31. The van der Waals surface area contributed by atoms with Crippen molar-refractivity contribution < 1.29 is 14.7 Å². The number of Topliss-reactive ketones (excluding diaryl/α,β-unsaturated/α-hetero) is 1. The van der Waals surface area contributed by atoms with Crippen molar-refractivity contribution in [2.45, 2.75) is 51.9 Å². The van der Waals surface area contributed by atoms with Gasteiger partial charge in [0.2, 0.25) is 0 Å². The topological polar surface area (TPSA) is 54.4 Å². The zero-order chi connectivity index (χ0) is 14.8. The van der Waals surface area contributed by atoms with Crippen LogP contribution in [0.4, 0.5) is 0 Å². The van der Waals surface area contributed by atoms with E-state index in [0.717, 1.165) is 18.4 Å². The molecule has 108 valence electrons. The van der Waals surface area contributed by atoms with Crippen LogP contribution in [0.1, 0.15) is 56.6 Å². The number of hydrogen-bond donors (Lipinski definition) is 1. The van der Waals surface area contributed by atoms with Gasteiger partial charge in [-0.3, -0.25) is 9.59 Å². The van der Waals surface area contributed by atoms with Gasteiger partial charge in [-0.05, 0) is 36.3 Å². The first-order valence-electron chi connectivity index (χ1n) is 7.31. The van der Waals surface area contributed by atoms with E-state index >= 15 is 0 Å². The number of ketones is 1. The smallest absolute Gasteiger partial charge is 0.317 e. The van der Waals surface area contributed by atoms with E-state index in [0.29, 0.717) is 25.2 Å². The fourth-order valence-electron chi connectivity index (χ4n) is 2.95. The van der Waals surface area contributed by atoms with E-state index in [1.165, 1.54) is 5.56 Å². The Labute approximate surface area is 120 Å². The first kappa shape index (κ1) is 14.8. The molecule has 0 saturated heterocycles. The van der Waals surface area contributed by atoms with Gasteiger partial charge >= 0.3 is 5.97 Å². The summed E-state index contributed by atoms with van der Waals surface area (Å²) in [6.45, 7) is 4.25. The third-order valence-electron chi connectivity index (χ3n) is 4.35. The fourth-order valence-corrected chi connectivity index (χ4v) is 2.95. The van der Waals surface area contributed by atoms with Gasteiger partial charge in [0, 0.05) is 6.42 Å². The summed E-state index contributed by atoms with van der Waals surface area (Å²) < 4.78 is 0. The second-order valence-corrected chi connectivity index (χ2v) is 6.09. The fraction of sp³-hybridized carbons (Fsp3) is 0.529. The van der Waals surface area contributed by atoms with Crippen LogP contribution in [0.15, 0.2) is 24.3 Å². The third kappa shape index (κ3) is 2.77. The van der Waals surface area contributed by atoms with Gasteiger partial charge in [-0.15, -0.1) is 0 Å². The highest BCUT2D eigenvalue weighted by Crippen LogP contribution is 2.37. The van der Waals surface area contributed by atoms with E-state index in [9.17, 15) is 14.7 Å². The summed E-state index contributed by atoms with van der Waals surface area (Å²) in [4.78, 5) is 23.8. The minimum atomic E-state index is -1.20. The van der Waals surface area contributed by atoms with Crippen molar-refractivity contribution in [2.75, 3.05) is 0 Å². The van der Waals surface area contributed by atoms with Crippen molar-refractivity contribution >= 4 is 11.8 Å². The normalized spacial score (nSPS) is 23.1. The van der Waals surface area contributed by atoms with Crippen LogP contribution in [-0.2, 0) is 16.0 Å². The summed E-state index contributed by atoms with van der Waals surface area (Å²) in [7, 11) is 0. The lowest BCUT2D eigenvalue weighted by Crippen LogP contribution is -2.43. The summed E-state index contributed by atoms with van der Waals surface area (Å²) in [5.74, 6) is -0.617. The molecule has 20 heavy (non-hydrogen) atoms. The van der Waals surface area contributed by atoms with E-state index in [1.807, 2.05) is 24.3 Å². The van der Waals surface area contributed by atoms with E-state index in [4.69, 9.17) is 0 Å². The molecule has 3 heteroatoms. The number of carbonyl (C=O) groups excluding carboxylic acids is 1. The standard InChI is InChI=1S/C17H22O3/c1-12(2)14-8-6-13(7-9-14)11-17(16(19)20)10-4-3-5-15(17)18/h6-9,12H,3-5,10-11H2,1-2H3,(H,19,20). The Morgan fingerprint density at radius 3 is 2.40 bits per heavy atom. The maximum absolute atomic E-state index is 12.2. The van der Waals surface area contributed by atoms with Crippen LogP contribution in [0.5, 0.6) is 0 Å². The highest BCUT2D eigenvalue weighted by atomic mass is 16.4. The number of aliphatic carboxylic acids is 1. The summed E-state index contributed by atoms with van der Waals surface area (Å²) in [5, 5.41) is 9.54. The number of carboxylic acid groups (broad SMARTS) is 1. The molecule has 0 radical (unpaired) electrons. The second kappa shape index (κ2) is 5.78. The predicted octanol–water partition coefficient (Wildman–Crippen LogP) is 3.57. The van der Waals surface area contributed by atoms with Crippen LogP contribution >= 0.6 is 0 Å². The van der Waals surface area contributed by atoms with Gasteiger partial charge in [-0.2, -0.15) is 0 Å². The number of carbonyl (C=O) groups is 2. The molecule has 1 aromatic rings. The Morgan fingerprint density at radius 2 is 1.90 bits per heavy atom. The molecule has 1 aromatic carbocycles. The maximum atomic E-state index is 12.2. The highest BCUT2D eigenvalue weighted by Gasteiger charge is 2.46. The number of hydrogen-bond acceptors (Lipinski definition) is 2. The monoisotopic (exact) mass is 274 g/mol. The average molecular weight is 274 g/mol. The van der Waals surface area contributed by atoms with Crippen molar-refractivity contribution in [3.8, 4) is 0 Å². The largest absolute Gasteiger partial charge is 0.480 e. The average Bonchev–Trinajstić information content (AvgIpc) is 2.42. The maximum Gasteiger partial charge on any atom is 0.317 e. The van der Waals surface area contributed by atoms with Gasteiger partial charge in [0.15, 0.2) is 5.78 Å². The summed E-state index contributed by atoms with van der Waals surface area (Å²) >= 11 is 0. The van der Waals surface area contributed by atoms with E-state index < -0.39 is 11.4 Å². The Hall–Kier alpha value is -1.64. The molecule has 0 aromatic heterocycles. The van der Waals surface area contributed by atoms with Crippen LogP contribution in [0, 0.1) is 5.41 Å². The molecular formula is C17H22O3. The molecule has 0 amide bonds. The minimum Gasteiger partial charge on any atom is -0.480 e. The van der Waals surface area contributed by atoms with Crippen molar-refractivity contribution in [1.29, 1.82) is 0 Å². The molecule has 1 unspecified atom stereocenters. The number of rotatable bonds is 4. The summed E-state index contributed by atoms with van der Waals surface area (Å²) in [6.07, 6.45) is 2.82. The molecule has 0 bridgehead atoms. The van der Waals surface area contributed by atoms with Crippen molar-refractivity contribution in [1.82, 2.24) is 0 Å². The molecule has 0 aliphatic heterocycles. The lowest BCUT2D eigenvalue weighted by molar-refractivity contribution is -0.157. The van der Waals surface area contributed by atoms with Crippen molar-refractivity contribution in [3.05, 3.63) is 35.4 Å². The Bertz CT molecular complexity index is 501. The Morgan fingerprint density at radius 1 is 1.25 bits per heavy atom. The van der Waals surface area contributed by atoms with Gasteiger partial charge in [0.1, 0.15) is 5.41 Å². The van der Waals surface area contributed by atoms with E-state index in [2.05, 4.69) is 13.8 Å². The van der Waals surface area contributed by atoms with Crippen molar-refractivity contribution in [3.63, 3.8) is 0 Å². The molecule has 3 nitrogen and oxygen atoms in total. The molecule has 2 rings (SSSR count). The van der Waals surface area contributed by atoms with Gasteiger partial charge < -0.3 is 5.11 Å². The van der Waals surface area contributed by atoms with E-state index in [-0.39, 0.29) is 5.78 Å². The van der Waals surface area contributed by atoms with Crippen LogP contribution in [-0.4, -0.2) is 16.9 Å². The first-order chi connectivity index (χ1) is 9.45. The molecule has 0 spiro atoms. The molecule has 1 aliphatic rings. The molecule has 1 atom stereocenters. The highest BCUT2D eigenvalue weighted by molar-refractivity contribution is 6.03. The summed E-state index contributed by atoms with van der Waals surface area (Å²) in [6, 6.07) is 7.98. The van der Waals surface area contributed by atoms with Crippen molar-refractivity contribution in [2.24, 2.45) is 5.41 Å². The molecule has 1 saturated carbocycles. The quantitative estimate of drug-likeness (QED) is 0.854. The van der Waals surface area contributed by atoms with Crippen LogP contribution in [0.3, 0.4) is 0 Å². The van der Waals surface area contributed by atoms with Gasteiger partial charge in [-0.1, -0.05) is 44.5 Å². The predicted molar refractivity (Wildman–Crippen MR) is 77.8 cm³/mol. The second-order valence-electron chi connectivity index (χ2n) is 6.09. The van der Waals surface area contributed by atoms with Gasteiger partial charge in [-0.25, -0.2) is 0 Å². The zero-order valence-corrected chi connectivity index (χ0v) is 12.2. The van der Waals surface area contributed by atoms with Crippen LogP contribution in [0.2, 0.25) is 0 Å². The third-order valence-corrected chi connectivity index (χ3v) is 4.35. The van der Waals surface area contributed by atoms with Gasteiger partial charge in [0.05, 0.1) is 0 Å². The molecule has 1 aliphatic carbocycles. The Balaban J connectivity index is 2.24. The van der Waals surface area contributed by atoms with Crippen LogP contribution in [0.25, 0.3) is 0 Å². The lowest BCUT2D eigenvalue weighted by atomic mass is 9.69. The van der Waals surface area contributed by atoms with Gasteiger partial charge in [0.25, 0.3) is 0 Å².